The number of anilines is 1. The van der Waals surface area contributed by atoms with Gasteiger partial charge >= 0.3 is 0 Å². The number of thiazole rings is 1. The Bertz CT molecular complexity index is 765. The van der Waals surface area contributed by atoms with Gasteiger partial charge in [0.25, 0.3) is 0 Å². The molecule has 1 aliphatic rings. The number of amides is 1. The Kier molecular flexibility index (Phi) is 3.93. The fraction of sp³-hybridized carbons (Fsp3) is 0.375. The van der Waals surface area contributed by atoms with Gasteiger partial charge in [0.1, 0.15) is 11.6 Å². The lowest BCUT2D eigenvalue weighted by molar-refractivity contribution is -0.133. The molecule has 0 bridgehead atoms. The second-order valence-electron chi connectivity index (χ2n) is 6.21. The van der Waals surface area contributed by atoms with E-state index < -0.39 is 17.2 Å². The topological polar surface area (TPSA) is 62.2 Å². The van der Waals surface area contributed by atoms with Crippen molar-refractivity contribution in [3.05, 3.63) is 34.7 Å². The molecule has 1 aromatic heterocycles. The molecule has 1 aliphatic carbocycles. The Hall–Kier alpha value is -1.86. The lowest BCUT2D eigenvalue weighted by Gasteiger charge is -2.39. The minimum absolute atomic E-state index is 0.201. The molecular weight excluding hydrogens is 322 g/mol. The number of nitrogens with one attached hydrogen (secondary N) is 1. The molecule has 3 rings (SSSR count). The second-order valence-corrected chi connectivity index (χ2v) is 7.07. The maximum absolute atomic E-state index is 13.9. The molecule has 23 heavy (non-hydrogen) atoms. The monoisotopic (exact) mass is 338 g/mol. The van der Waals surface area contributed by atoms with Crippen molar-refractivity contribution >= 4 is 22.4 Å². The molecule has 1 heterocycles. The van der Waals surface area contributed by atoms with Gasteiger partial charge in [-0.1, -0.05) is 0 Å². The molecule has 7 heteroatoms. The van der Waals surface area contributed by atoms with Gasteiger partial charge in [0.15, 0.2) is 5.13 Å². The van der Waals surface area contributed by atoms with E-state index in [1.807, 2.05) is 0 Å². The summed E-state index contributed by atoms with van der Waals surface area (Å²) in [5.41, 5.74) is 0.112. The molecule has 1 amide bonds. The van der Waals surface area contributed by atoms with Gasteiger partial charge in [-0.3, -0.25) is 4.79 Å². The zero-order valence-electron chi connectivity index (χ0n) is 12.7. The Morgan fingerprint density at radius 3 is 2.74 bits per heavy atom. The predicted octanol–water partition coefficient (Wildman–Crippen LogP) is 3.50. The number of aryl methyl sites for hydroxylation is 1. The number of nitrogens with zero attached hydrogens (tertiary/aromatic N) is 1. The number of hydrogen-bond donors (Lipinski definition) is 2. The summed E-state index contributed by atoms with van der Waals surface area (Å²) in [4.78, 5) is 16.2. The van der Waals surface area contributed by atoms with Crippen LogP contribution in [0.25, 0.3) is 11.3 Å². The van der Waals surface area contributed by atoms with Crippen molar-refractivity contribution in [1.82, 2.24) is 4.98 Å². The molecule has 122 valence electrons. The molecular formula is C16H16F2N2O2S. The molecule has 4 nitrogen and oxygen atoms in total. The van der Waals surface area contributed by atoms with Crippen LogP contribution in [0, 0.1) is 24.5 Å². The van der Waals surface area contributed by atoms with E-state index in [2.05, 4.69) is 10.3 Å². The smallest absolute Gasteiger partial charge is 0.229 e. The normalized spacial score (nSPS) is 23.4. The van der Waals surface area contributed by atoms with E-state index in [1.165, 1.54) is 17.4 Å². The predicted molar refractivity (Wildman–Crippen MR) is 84.2 cm³/mol. The van der Waals surface area contributed by atoms with Crippen molar-refractivity contribution in [3.8, 4) is 11.3 Å². The highest BCUT2D eigenvalue weighted by atomic mass is 32.1. The van der Waals surface area contributed by atoms with Crippen molar-refractivity contribution in [2.24, 2.45) is 5.92 Å². The summed E-state index contributed by atoms with van der Waals surface area (Å²) in [7, 11) is 0. The zero-order chi connectivity index (χ0) is 16.8. The summed E-state index contributed by atoms with van der Waals surface area (Å²) in [6.07, 6.45) is 0.839. The second kappa shape index (κ2) is 5.65. The van der Waals surface area contributed by atoms with Gasteiger partial charge in [0.2, 0.25) is 5.91 Å². The molecule has 2 N–H and O–H groups in total. The average Bonchev–Trinajstić information content (AvgIpc) is 2.88. The van der Waals surface area contributed by atoms with Gasteiger partial charge in [-0.15, -0.1) is 11.3 Å². The Morgan fingerprint density at radius 1 is 1.39 bits per heavy atom. The largest absolute Gasteiger partial charge is 0.390 e. The number of carbonyl (C=O) groups excluding carboxylic acids is 1. The molecule has 0 saturated heterocycles. The van der Waals surface area contributed by atoms with Gasteiger partial charge in [0.05, 0.1) is 11.3 Å². The van der Waals surface area contributed by atoms with E-state index in [4.69, 9.17) is 0 Å². The van der Waals surface area contributed by atoms with Crippen LogP contribution in [0.5, 0.6) is 0 Å². The summed E-state index contributed by atoms with van der Waals surface area (Å²) < 4.78 is 27.2. The molecule has 1 aromatic carbocycles. The highest BCUT2D eigenvalue weighted by Crippen LogP contribution is 2.38. The van der Waals surface area contributed by atoms with E-state index in [-0.39, 0.29) is 17.4 Å². The Morgan fingerprint density at radius 2 is 2.09 bits per heavy atom. The van der Waals surface area contributed by atoms with Crippen LogP contribution in [-0.4, -0.2) is 21.6 Å². The molecule has 0 aliphatic heterocycles. The van der Waals surface area contributed by atoms with Crippen LogP contribution in [0.2, 0.25) is 0 Å². The van der Waals surface area contributed by atoms with Crippen LogP contribution in [0.15, 0.2) is 17.5 Å². The number of aromatic nitrogens is 1. The first-order valence-electron chi connectivity index (χ1n) is 7.20. The lowest BCUT2D eigenvalue weighted by Crippen LogP contribution is -2.46. The van der Waals surface area contributed by atoms with Gasteiger partial charge in [-0.25, -0.2) is 13.8 Å². The molecule has 0 atom stereocenters. The van der Waals surface area contributed by atoms with Crippen molar-refractivity contribution in [1.29, 1.82) is 0 Å². The maximum Gasteiger partial charge on any atom is 0.229 e. The molecule has 0 spiro atoms. The quantitative estimate of drug-likeness (QED) is 0.900. The average molecular weight is 338 g/mol. The molecule has 2 aromatic rings. The maximum atomic E-state index is 13.9. The highest BCUT2D eigenvalue weighted by Gasteiger charge is 2.42. The van der Waals surface area contributed by atoms with Crippen LogP contribution in [0.3, 0.4) is 0 Å². The first-order valence-corrected chi connectivity index (χ1v) is 8.08. The summed E-state index contributed by atoms with van der Waals surface area (Å²) in [6, 6.07) is 2.23. The first-order chi connectivity index (χ1) is 10.7. The number of halogens is 2. The van der Waals surface area contributed by atoms with Gasteiger partial charge in [-0.2, -0.15) is 0 Å². The minimum Gasteiger partial charge on any atom is -0.390 e. The summed E-state index contributed by atoms with van der Waals surface area (Å²) in [5.74, 6) is -1.73. The number of benzene rings is 1. The van der Waals surface area contributed by atoms with Crippen molar-refractivity contribution in [2.45, 2.75) is 32.3 Å². The van der Waals surface area contributed by atoms with Crippen LogP contribution < -0.4 is 5.32 Å². The lowest BCUT2D eigenvalue weighted by atomic mass is 9.72. The van der Waals surface area contributed by atoms with Crippen LogP contribution in [0.4, 0.5) is 13.9 Å². The number of aliphatic hydroxyl groups is 1. The van der Waals surface area contributed by atoms with Crippen molar-refractivity contribution in [3.63, 3.8) is 0 Å². The van der Waals surface area contributed by atoms with Gasteiger partial charge in [0, 0.05) is 22.9 Å². The van der Waals surface area contributed by atoms with Crippen LogP contribution in [0.1, 0.15) is 25.3 Å². The number of carbonyl (C=O) groups is 1. The van der Waals surface area contributed by atoms with E-state index in [9.17, 15) is 18.7 Å². The third kappa shape index (κ3) is 3.25. The molecule has 1 saturated carbocycles. The van der Waals surface area contributed by atoms with Gasteiger partial charge in [-0.05, 0) is 38.3 Å². The van der Waals surface area contributed by atoms with Crippen molar-refractivity contribution < 1.29 is 18.7 Å². The molecule has 0 unspecified atom stereocenters. The summed E-state index contributed by atoms with van der Waals surface area (Å²) in [6.45, 7) is 3.24. The number of hydrogen-bond acceptors (Lipinski definition) is 4. The fourth-order valence-corrected chi connectivity index (χ4v) is 3.42. The third-order valence-electron chi connectivity index (χ3n) is 4.00. The number of rotatable bonds is 3. The SMILES string of the molecule is Cc1cc(-c2csc(NC(=O)C3CC(C)(O)C3)n2)c(F)cc1F. The van der Waals surface area contributed by atoms with E-state index in [1.54, 1.807) is 19.2 Å². The first kappa shape index (κ1) is 16.0. The van der Waals surface area contributed by atoms with Gasteiger partial charge < -0.3 is 10.4 Å². The highest BCUT2D eigenvalue weighted by molar-refractivity contribution is 7.14. The fourth-order valence-electron chi connectivity index (χ4n) is 2.70. The molecule has 0 radical (unpaired) electrons. The minimum atomic E-state index is -0.773. The van der Waals surface area contributed by atoms with E-state index >= 15 is 0 Å². The zero-order valence-corrected chi connectivity index (χ0v) is 13.5. The summed E-state index contributed by atoms with van der Waals surface area (Å²) in [5, 5.41) is 14.3. The third-order valence-corrected chi connectivity index (χ3v) is 4.76. The standard InChI is InChI=1S/C16H16F2N2O2S/c1-8-3-10(12(18)4-11(8)17)13-7-23-15(19-13)20-14(21)9-5-16(2,22)6-9/h3-4,7,9,22H,5-6H2,1-2H3,(H,19,20,21). The van der Waals surface area contributed by atoms with Crippen LogP contribution >= 0.6 is 11.3 Å². The van der Waals surface area contributed by atoms with Crippen LogP contribution in [-0.2, 0) is 4.79 Å². The van der Waals surface area contributed by atoms with E-state index in [0.29, 0.717) is 29.2 Å². The summed E-state index contributed by atoms with van der Waals surface area (Å²) >= 11 is 1.18. The van der Waals surface area contributed by atoms with E-state index in [0.717, 1.165) is 6.07 Å². The Balaban J connectivity index is 1.74. The Labute approximate surface area is 136 Å². The van der Waals surface area contributed by atoms with Crippen molar-refractivity contribution in [2.75, 3.05) is 5.32 Å². The molecule has 1 fully saturated rings.